The number of carbonyl (C=O) groups is 1. The van der Waals surface area contributed by atoms with Gasteiger partial charge in [-0.15, -0.1) is 24.8 Å². The molecule has 22 heavy (non-hydrogen) atoms. The van der Waals surface area contributed by atoms with Gasteiger partial charge in [-0.2, -0.15) is 0 Å². The van der Waals surface area contributed by atoms with Gasteiger partial charge < -0.3 is 10.2 Å². The van der Waals surface area contributed by atoms with E-state index in [4.69, 9.17) is 0 Å². The van der Waals surface area contributed by atoms with Crippen molar-refractivity contribution in [3.05, 3.63) is 0 Å². The third kappa shape index (κ3) is 6.23. The van der Waals surface area contributed by atoms with Crippen molar-refractivity contribution in [1.82, 2.24) is 15.1 Å². The van der Waals surface area contributed by atoms with Crippen LogP contribution < -0.4 is 5.32 Å². The summed E-state index contributed by atoms with van der Waals surface area (Å²) < 4.78 is 0. The van der Waals surface area contributed by atoms with E-state index < -0.39 is 0 Å². The normalized spacial score (nSPS) is 20.5. The van der Waals surface area contributed by atoms with Crippen LogP contribution in [0.3, 0.4) is 0 Å². The molecule has 132 valence electrons. The summed E-state index contributed by atoms with van der Waals surface area (Å²) in [6, 6.07) is 0.641. The van der Waals surface area contributed by atoms with E-state index in [1.807, 2.05) is 14.1 Å². The quantitative estimate of drug-likeness (QED) is 0.796. The Balaban J connectivity index is 0.00000220. The Kier molecular flexibility index (Phi) is 9.95. The average Bonchev–Trinajstić information content (AvgIpc) is 3.20. The number of hydrogen-bond acceptors (Lipinski definition) is 3. The van der Waals surface area contributed by atoms with E-state index in [1.165, 1.54) is 19.4 Å². The Morgan fingerprint density at radius 3 is 2.09 bits per heavy atom. The van der Waals surface area contributed by atoms with Gasteiger partial charge in [-0.25, -0.2) is 0 Å². The zero-order valence-electron chi connectivity index (χ0n) is 14.4. The molecule has 0 aromatic rings. The molecule has 0 aromatic heterocycles. The van der Waals surface area contributed by atoms with Gasteiger partial charge in [0.05, 0.1) is 6.04 Å². The minimum atomic E-state index is 0. The van der Waals surface area contributed by atoms with Crippen LogP contribution in [0, 0.1) is 11.8 Å². The van der Waals surface area contributed by atoms with Gasteiger partial charge in [0.15, 0.2) is 0 Å². The molecular formula is C16H33Cl2N3O. The van der Waals surface area contributed by atoms with Crippen LogP contribution in [-0.2, 0) is 4.79 Å². The zero-order chi connectivity index (χ0) is 14.7. The highest BCUT2D eigenvalue weighted by Gasteiger charge is 2.31. The predicted octanol–water partition coefficient (Wildman–Crippen LogP) is 2.41. The van der Waals surface area contributed by atoms with Crippen molar-refractivity contribution in [3.63, 3.8) is 0 Å². The number of hydrogen-bond donors (Lipinski definition) is 1. The Bertz CT molecular complexity index is 319. The summed E-state index contributed by atoms with van der Waals surface area (Å²) in [4.78, 5) is 16.8. The minimum Gasteiger partial charge on any atom is -0.341 e. The van der Waals surface area contributed by atoms with E-state index in [0.717, 1.165) is 31.8 Å². The summed E-state index contributed by atoms with van der Waals surface area (Å²) in [5.74, 6) is 1.61. The van der Waals surface area contributed by atoms with Gasteiger partial charge >= 0.3 is 0 Å². The molecule has 0 aromatic carbocycles. The Morgan fingerprint density at radius 2 is 1.68 bits per heavy atom. The Labute approximate surface area is 148 Å². The molecule has 4 nitrogen and oxygen atoms in total. The van der Waals surface area contributed by atoms with Crippen LogP contribution >= 0.6 is 24.8 Å². The third-order valence-electron chi connectivity index (χ3n) is 4.64. The van der Waals surface area contributed by atoms with Gasteiger partial charge in [0.2, 0.25) is 5.91 Å². The van der Waals surface area contributed by atoms with Crippen LogP contribution in [0.1, 0.15) is 39.5 Å². The molecule has 1 saturated carbocycles. The van der Waals surface area contributed by atoms with Crippen molar-refractivity contribution < 1.29 is 4.79 Å². The smallest absolute Gasteiger partial charge is 0.240 e. The maximum Gasteiger partial charge on any atom is 0.240 e. The summed E-state index contributed by atoms with van der Waals surface area (Å²) in [6.07, 6.45) is 5.03. The molecule has 1 aliphatic heterocycles. The number of likely N-dealkylation sites (N-methyl/N-ethyl adjacent to an activating group) is 1. The number of nitrogens with one attached hydrogen (secondary N) is 1. The van der Waals surface area contributed by atoms with Crippen LogP contribution in [0.25, 0.3) is 0 Å². The lowest BCUT2D eigenvalue weighted by atomic mass is 9.99. The Hall–Kier alpha value is -0.0300. The Morgan fingerprint density at radius 1 is 1.14 bits per heavy atom. The van der Waals surface area contributed by atoms with Gasteiger partial charge in [-0.1, -0.05) is 13.8 Å². The van der Waals surface area contributed by atoms with Crippen LogP contribution in [0.4, 0.5) is 0 Å². The summed E-state index contributed by atoms with van der Waals surface area (Å²) in [5, 5.41) is 3.67. The maximum atomic E-state index is 12.6. The first-order valence-corrected chi connectivity index (χ1v) is 8.17. The fourth-order valence-electron chi connectivity index (χ4n) is 3.25. The first-order valence-electron chi connectivity index (χ1n) is 8.17. The highest BCUT2D eigenvalue weighted by molar-refractivity contribution is 5.85. The number of rotatable bonds is 6. The second-order valence-corrected chi connectivity index (χ2v) is 7.10. The van der Waals surface area contributed by atoms with Gasteiger partial charge in [0.25, 0.3) is 0 Å². The van der Waals surface area contributed by atoms with Crippen LogP contribution in [0.15, 0.2) is 0 Å². The van der Waals surface area contributed by atoms with Gasteiger partial charge in [0, 0.05) is 19.1 Å². The predicted molar refractivity (Wildman–Crippen MR) is 97.1 cm³/mol. The fourth-order valence-corrected chi connectivity index (χ4v) is 3.25. The van der Waals surface area contributed by atoms with Gasteiger partial charge in [-0.3, -0.25) is 9.69 Å². The fraction of sp³-hybridized carbons (Fsp3) is 0.938. The summed E-state index contributed by atoms with van der Waals surface area (Å²) in [5.41, 5.74) is 0. The lowest BCUT2D eigenvalue weighted by molar-refractivity contribution is -0.138. The maximum absolute atomic E-state index is 12.6. The van der Waals surface area contributed by atoms with E-state index in [0.29, 0.717) is 17.9 Å². The molecule has 6 heteroatoms. The largest absolute Gasteiger partial charge is 0.341 e. The molecule has 1 heterocycles. The number of halogens is 2. The van der Waals surface area contributed by atoms with Crippen LogP contribution in [0.5, 0.6) is 0 Å². The van der Waals surface area contributed by atoms with Crippen molar-refractivity contribution in [2.24, 2.45) is 11.8 Å². The van der Waals surface area contributed by atoms with Crippen molar-refractivity contribution in [1.29, 1.82) is 0 Å². The SMILES string of the molecule is CC(C)C(C(=O)N1CCC(NCC2CC2)CC1)N(C)C.Cl.Cl. The molecule has 1 unspecified atom stereocenters. The molecule has 1 aliphatic carbocycles. The average molecular weight is 354 g/mol. The van der Waals surface area contributed by atoms with Crippen LogP contribution in [0.2, 0.25) is 0 Å². The lowest BCUT2D eigenvalue weighted by Gasteiger charge is -2.37. The van der Waals surface area contributed by atoms with E-state index in [1.54, 1.807) is 0 Å². The highest BCUT2D eigenvalue weighted by Crippen LogP contribution is 2.28. The molecule has 0 bridgehead atoms. The number of carbonyl (C=O) groups excluding carboxylic acids is 1. The summed E-state index contributed by atoms with van der Waals surface area (Å²) in [6.45, 7) is 7.28. The number of likely N-dealkylation sites (tertiary alicyclic amines) is 1. The number of nitrogens with zero attached hydrogens (tertiary/aromatic N) is 2. The molecule has 1 amide bonds. The minimum absolute atomic E-state index is 0. The van der Waals surface area contributed by atoms with Crippen molar-refractivity contribution in [2.45, 2.75) is 51.6 Å². The van der Waals surface area contributed by atoms with Crippen molar-refractivity contribution in [2.75, 3.05) is 33.7 Å². The van der Waals surface area contributed by atoms with Crippen molar-refractivity contribution in [3.8, 4) is 0 Å². The standard InChI is InChI=1S/C16H31N3O.2ClH/c1-12(2)15(18(3)4)16(20)19-9-7-14(8-10-19)17-11-13-5-6-13;;/h12-15,17H,5-11H2,1-4H3;2*1H. The van der Waals surface area contributed by atoms with Crippen LogP contribution in [-0.4, -0.2) is 61.5 Å². The molecule has 2 fully saturated rings. The second-order valence-electron chi connectivity index (χ2n) is 7.10. The highest BCUT2D eigenvalue weighted by atomic mass is 35.5. The second kappa shape index (κ2) is 9.96. The van der Waals surface area contributed by atoms with Gasteiger partial charge in [0.1, 0.15) is 0 Å². The van der Waals surface area contributed by atoms with E-state index >= 15 is 0 Å². The van der Waals surface area contributed by atoms with E-state index in [9.17, 15) is 4.79 Å². The van der Waals surface area contributed by atoms with E-state index in [-0.39, 0.29) is 30.9 Å². The van der Waals surface area contributed by atoms with Crippen molar-refractivity contribution >= 4 is 30.7 Å². The lowest BCUT2D eigenvalue weighted by Crippen LogP contribution is -2.52. The first kappa shape index (κ1) is 22.0. The molecule has 1 saturated heterocycles. The molecule has 0 radical (unpaired) electrons. The zero-order valence-corrected chi connectivity index (χ0v) is 16.0. The molecule has 1 N–H and O–H groups in total. The molecule has 0 spiro atoms. The van der Waals surface area contributed by atoms with Gasteiger partial charge in [-0.05, 0) is 58.2 Å². The van der Waals surface area contributed by atoms with E-state index in [2.05, 4.69) is 29.0 Å². The molecular weight excluding hydrogens is 321 g/mol. The molecule has 2 aliphatic rings. The summed E-state index contributed by atoms with van der Waals surface area (Å²) >= 11 is 0. The topological polar surface area (TPSA) is 35.6 Å². The summed E-state index contributed by atoms with van der Waals surface area (Å²) in [7, 11) is 4.01. The number of piperidine rings is 1. The monoisotopic (exact) mass is 353 g/mol. The number of amides is 1. The first-order chi connectivity index (χ1) is 9.49. The third-order valence-corrected chi connectivity index (χ3v) is 4.64. The molecule has 2 rings (SSSR count). The molecule has 1 atom stereocenters.